The van der Waals surface area contributed by atoms with Gasteiger partial charge >= 0.3 is 0 Å². The lowest BCUT2D eigenvalue weighted by atomic mass is 9.93. The summed E-state index contributed by atoms with van der Waals surface area (Å²) in [5.74, 6) is 1.10. The quantitative estimate of drug-likeness (QED) is 0.207. The summed E-state index contributed by atoms with van der Waals surface area (Å²) >= 11 is 0. The monoisotopic (exact) mass is 571 g/mol. The van der Waals surface area contributed by atoms with Gasteiger partial charge in [0.15, 0.2) is 0 Å². The highest BCUT2D eigenvalue weighted by Crippen LogP contribution is 2.36. The largest absolute Gasteiger partial charge is 0.507 e. The number of phenolic OH excluding ortho intramolecular Hbond substituents is 1. The second-order valence-corrected chi connectivity index (χ2v) is 11.5. The molecule has 0 unspecified atom stereocenters. The van der Waals surface area contributed by atoms with Crippen LogP contribution in [0.3, 0.4) is 0 Å². The molecule has 0 radical (unpaired) electrons. The molecule has 1 N–H and O–H groups in total. The number of pyridine rings is 1. The van der Waals surface area contributed by atoms with E-state index >= 15 is 0 Å². The summed E-state index contributed by atoms with van der Waals surface area (Å²) in [7, 11) is 0. The number of nitrogens with zero attached hydrogens (tertiary/aromatic N) is 3. The number of aryl methyl sites for hydroxylation is 2. The highest BCUT2D eigenvalue weighted by Gasteiger charge is 2.18. The molecule has 7 aromatic rings. The van der Waals surface area contributed by atoms with E-state index in [0.717, 1.165) is 45.7 Å². The van der Waals surface area contributed by atoms with E-state index in [1.54, 1.807) is 0 Å². The van der Waals surface area contributed by atoms with Crippen molar-refractivity contribution in [1.29, 1.82) is 0 Å². The summed E-state index contributed by atoms with van der Waals surface area (Å²) in [6.07, 6.45) is 7.30. The fraction of sp³-hybridized carbons (Fsp3) is 0.100. The van der Waals surface area contributed by atoms with E-state index in [0.29, 0.717) is 6.42 Å². The smallest absolute Gasteiger partial charge is 0.145 e. The van der Waals surface area contributed by atoms with Crippen molar-refractivity contribution < 1.29 is 5.11 Å². The maximum atomic E-state index is 11.7. The molecule has 4 nitrogen and oxygen atoms in total. The number of para-hydroxylation sites is 1. The van der Waals surface area contributed by atoms with Gasteiger partial charge in [-0.25, -0.2) is 4.98 Å². The minimum atomic E-state index is 0.263. The van der Waals surface area contributed by atoms with Crippen molar-refractivity contribution in [2.75, 3.05) is 0 Å². The Morgan fingerprint density at radius 2 is 1.30 bits per heavy atom. The predicted octanol–water partition coefficient (Wildman–Crippen LogP) is 9.26. The summed E-state index contributed by atoms with van der Waals surface area (Å²) in [5, 5.41) is 14.1. The molecule has 44 heavy (non-hydrogen) atoms. The number of imidazole rings is 1. The average molecular weight is 572 g/mol. The van der Waals surface area contributed by atoms with Gasteiger partial charge < -0.3 is 5.11 Å². The molecular formula is C40H33N3O. The number of benzene rings is 5. The minimum absolute atomic E-state index is 0.263. The molecule has 0 fully saturated rings. The molecule has 214 valence electrons. The molecule has 4 heteroatoms. The molecule has 0 aliphatic rings. The van der Waals surface area contributed by atoms with Gasteiger partial charge in [0.1, 0.15) is 11.6 Å². The van der Waals surface area contributed by atoms with Gasteiger partial charge in [-0.2, -0.15) is 0 Å². The molecule has 0 aliphatic carbocycles. The number of rotatable bonds is 7. The van der Waals surface area contributed by atoms with E-state index in [9.17, 15) is 5.11 Å². The van der Waals surface area contributed by atoms with Crippen molar-refractivity contribution in [2.24, 2.45) is 0 Å². The van der Waals surface area contributed by atoms with Crippen LogP contribution in [0.2, 0.25) is 0 Å². The Balaban J connectivity index is 1.27. The summed E-state index contributed by atoms with van der Waals surface area (Å²) in [5.41, 5.74) is 10.4. The average Bonchev–Trinajstić information content (AvgIpc) is 3.49. The van der Waals surface area contributed by atoms with Crippen LogP contribution in [0, 0.1) is 13.8 Å². The summed E-state index contributed by atoms with van der Waals surface area (Å²) < 4.78 is 2.13. The third kappa shape index (κ3) is 5.38. The van der Waals surface area contributed by atoms with Crippen LogP contribution in [0.25, 0.3) is 39.1 Å². The van der Waals surface area contributed by atoms with Crippen molar-refractivity contribution in [3.8, 4) is 34.1 Å². The number of phenols is 1. The van der Waals surface area contributed by atoms with E-state index in [-0.39, 0.29) is 5.75 Å². The van der Waals surface area contributed by atoms with Gasteiger partial charge in [0, 0.05) is 47.2 Å². The Kier molecular flexibility index (Phi) is 7.25. The first-order valence-corrected chi connectivity index (χ1v) is 15.0. The molecule has 7 rings (SSSR count). The lowest BCUT2D eigenvalue weighted by molar-refractivity contribution is 0.471. The Morgan fingerprint density at radius 3 is 2.07 bits per heavy atom. The van der Waals surface area contributed by atoms with E-state index in [1.807, 2.05) is 61.1 Å². The highest BCUT2D eigenvalue weighted by atomic mass is 16.3. The van der Waals surface area contributed by atoms with Crippen LogP contribution in [0.15, 0.2) is 134 Å². The predicted molar refractivity (Wildman–Crippen MR) is 179 cm³/mol. The maximum Gasteiger partial charge on any atom is 0.145 e. The zero-order valence-electron chi connectivity index (χ0n) is 24.9. The van der Waals surface area contributed by atoms with Crippen LogP contribution in [0.1, 0.15) is 33.4 Å². The zero-order chi connectivity index (χ0) is 30.0. The fourth-order valence-electron chi connectivity index (χ4n) is 6.16. The lowest BCUT2D eigenvalue weighted by Crippen LogP contribution is -1.99. The Bertz CT molecular complexity index is 2080. The number of fused-ring (bicyclic) bond motifs is 1. The molecule has 0 spiro atoms. The molecule has 0 amide bonds. The van der Waals surface area contributed by atoms with E-state index in [2.05, 4.69) is 96.2 Å². The first kappa shape index (κ1) is 27.4. The van der Waals surface area contributed by atoms with Crippen molar-refractivity contribution >= 4 is 10.8 Å². The van der Waals surface area contributed by atoms with Gasteiger partial charge in [0.2, 0.25) is 0 Å². The molecule has 0 saturated carbocycles. The van der Waals surface area contributed by atoms with Crippen LogP contribution in [0.5, 0.6) is 5.75 Å². The normalized spacial score (nSPS) is 11.2. The van der Waals surface area contributed by atoms with Gasteiger partial charge in [-0.1, -0.05) is 97.1 Å². The van der Waals surface area contributed by atoms with Crippen LogP contribution in [-0.4, -0.2) is 19.6 Å². The van der Waals surface area contributed by atoms with E-state index in [1.165, 1.54) is 33.2 Å². The first-order valence-electron chi connectivity index (χ1n) is 15.0. The van der Waals surface area contributed by atoms with Crippen LogP contribution in [0.4, 0.5) is 0 Å². The topological polar surface area (TPSA) is 50.9 Å². The second kappa shape index (κ2) is 11.7. The van der Waals surface area contributed by atoms with Crippen LogP contribution >= 0.6 is 0 Å². The number of hydrogen-bond acceptors (Lipinski definition) is 3. The van der Waals surface area contributed by atoms with E-state index < -0.39 is 0 Å². The molecule has 2 heterocycles. The molecule has 0 saturated heterocycles. The molecular weight excluding hydrogens is 538 g/mol. The SMILES string of the molecule is Cc1cc(C)cc(-n2cc(-c3cccc(Cc4ccccc4Cc4cncc5ccccc45)c3O)nc2-c2ccccc2)c1. The standard InChI is InChI=1S/C40H33N3O/c1-27-19-28(2)21-35(20-27)43-26-38(42-40(43)29-11-4-3-5-12-29)37-18-10-16-32(39(37)44)22-30-13-6-7-14-31(30)23-34-25-41-24-33-15-8-9-17-36(33)34/h3-21,24-26,44H,22-23H2,1-2H3. The Labute approximate surface area is 258 Å². The first-order chi connectivity index (χ1) is 21.5. The Hall–Kier alpha value is -5.48. The molecule has 0 aliphatic heterocycles. The minimum Gasteiger partial charge on any atom is -0.507 e. The van der Waals surface area contributed by atoms with Crippen molar-refractivity contribution in [3.05, 3.63) is 167 Å². The lowest BCUT2D eigenvalue weighted by Gasteiger charge is -2.13. The number of aromatic nitrogens is 3. The maximum absolute atomic E-state index is 11.7. The molecule has 0 atom stereocenters. The molecule has 0 bridgehead atoms. The van der Waals surface area contributed by atoms with E-state index in [4.69, 9.17) is 4.98 Å². The Morgan fingerprint density at radius 1 is 0.636 bits per heavy atom. The van der Waals surface area contributed by atoms with Gasteiger partial charge in [0.25, 0.3) is 0 Å². The van der Waals surface area contributed by atoms with Crippen LogP contribution < -0.4 is 0 Å². The fourth-order valence-corrected chi connectivity index (χ4v) is 6.16. The van der Waals surface area contributed by atoms with Crippen molar-refractivity contribution in [1.82, 2.24) is 14.5 Å². The summed E-state index contributed by atoms with van der Waals surface area (Å²) in [6.45, 7) is 4.22. The molecule has 5 aromatic carbocycles. The number of aromatic hydroxyl groups is 1. The van der Waals surface area contributed by atoms with Crippen LogP contribution in [-0.2, 0) is 12.8 Å². The van der Waals surface area contributed by atoms with Gasteiger partial charge in [-0.3, -0.25) is 9.55 Å². The third-order valence-electron chi connectivity index (χ3n) is 8.25. The second-order valence-electron chi connectivity index (χ2n) is 11.5. The highest BCUT2D eigenvalue weighted by molar-refractivity contribution is 5.85. The number of hydrogen-bond donors (Lipinski definition) is 1. The van der Waals surface area contributed by atoms with Crippen molar-refractivity contribution in [2.45, 2.75) is 26.7 Å². The van der Waals surface area contributed by atoms with Crippen molar-refractivity contribution in [3.63, 3.8) is 0 Å². The zero-order valence-corrected chi connectivity index (χ0v) is 24.9. The third-order valence-corrected chi connectivity index (χ3v) is 8.25. The van der Waals surface area contributed by atoms with Gasteiger partial charge in [-0.05, 0) is 77.2 Å². The summed E-state index contributed by atoms with van der Waals surface area (Å²) in [6, 6.07) is 39.6. The molecule has 2 aromatic heterocycles. The summed E-state index contributed by atoms with van der Waals surface area (Å²) in [4.78, 5) is 9.59. The van der Waals surface area contributed by atoms with Gasteiger partial charge in [0.05, 0.1) is 5.69 Å². The van der Waals surface area contributed by atoms with Gasteiger partial charge in [-0.15, -0.1) is 0 Å².